The zero-order valence-electron chi connectivity index (χ0n) is 16.2. The molecular weight excluding hydrogens is 348 g/mol. The third kappa shape index (κ3) is 4.28. The molecule has 0 spiro atoms. The van der Waals surface area contributed by atoms with E-state index in [1.807, 2.05) is 17.0 Å². The number of carbonyl (C=O) groups excluding carboxylic acids is 1. The summed E-state index contributed by atoms with van der Waals surface area (Å²) in [5.74, 6) is 1.40. The number of hydrogen-bond acceptors (Lipinski definition) is 3. The van der Waals surface area contributed by atoms with Crippen molar-refractivity contribution < 1.29 is 9.90 Å². The molecule has 1 aliphatic carbocycles. The Kier molecular flexibility index (Phi) is 5.49. The third-order valence-corrected chi connectivity index (χ3v) is 5.95. The minimum atomic E-state index is 0.0416. The molecule has 2 aromatic rings. The van der Waals surface area contributed by atoms with Crippen LogP contribution in [-0.2, 0) is 11.3 Å². The highest BCUT2D eigenvalue weighted by Crippen LogP contribution is 2.44. The number of benzene rings is 2. The van der Waals surface area contributed by atoms with Crippen LogP contribution >= 0.6 is 0 Å². The van der Waals surface area contributed by atoms with Gasteiger partial charge in [-0.2, -0.15) is 0 Å². The number of likely N-dealkylation sites (tertiary alicyclic amines) is 1. The molecule has 4 nitrogen and oxygen atoms in total. The lowest BCUT2D eigenvalue weighted by Crippen LogP contribution is -2.36. The van der Waals surface area contributed by atoms with Crippen molar-refractivity contribution in [1.29, 1.82) is 0 Å². The van der Waals surface area contributed by atoms with E-state index >= 15 is 0 Å². The topological polar surface area (TPSA) is 66.6 Å². The lowest BCUT2D eigenvalue weighted by atomic mass is 9.88. The average Bonchev–Trinajstić information content (AvgIpc) is 3.57. The number of hydrogen-bond donors (Lipinski definition) is 2. The number of amides is 1. The molecule has 0 bridgehead atoms. The molecule has 4 rings (SSSR count). The molecule has 28 heavy (non-hydrogen) atoms. The molecule has 0 unspecified atom stereocenters. The molecule has 3 N–H and O–H groups in total. The number of nitrogens with zero attached hydrogens (tertiary/aromatic N) is 1. The highest BCUT2D eigenvalue weighted by atomic mass is 16.3. The van der Waals surface area contributed by atoms with Gasteiger partial charge in [0.15, 0.2) is 0 Å². The van der Waals surface area contributed by atoms with Crippen LogP contribution in [-0.4, -0.2) is 29.0 Å². The first-order valence-corrected chi connectivity index (χ1v) is 10.2. The van der Waals surface area contributed by atoms with Crippen molar-refractivity contribution in [1.82, 2.24) is 4.90 Å². The molecular formula is C24H28N2O2. The van der Waals surface area contributed by atoms with E-state index in [0.717, 1.165) is 55.5 Å². The van der Waals surface area contributed by atoms with E-state index in [-0.39, 0.29) is 5.91 Å². The fraction of sp³-hybridized carbons (Fsp3) is 0.375. The van der Waals surface area contributed by atoms with Crippen molar-refractivity contribution >= 4 is 12.0 Å². The molecule has 2 aromatic carbocycles. The van der Waals surface area contributed by atoms with Crippen LogP contribution in [0.25, 0.3) is 6.08 Å². The van der Waals surface area contributed by atoms with Gasteiger partial charge in [0.25, 0.3) is 0 Å². The summed E-state index contributed by atoms with van der Waals surface area (Å²) in [4.78, 5) is 14.5. The van der Waals surface area contributed by atoms with Gasteiger partial charge >= 0.3 is 0 Å². The molecule has 0 aromatic heterocycles. The molecule has 0 atom stereocenters. The lowest BCUT2D eigenvalue weighted by molar-refractivity contribution is -0.126. The SMILES string of the molecule is NCc1cccc(C2CCN(C(=O)/C=C/c3ccc(C4CC4)c(O)c3)CC2)c1. The van der Waals surface area contributed by atoms with Crippen molar-refractivity contribution in [3.63, 3.8) is 0 Å². The number of aromatic hydroxyl groups is 1. The van der Waals surface area contributed by atoms with E-state index in [1.54, 1.807) is 18.2 Å². The first-order chi connectivity index (χ1) is 13.6. The van der Waals surface area contributed by atoms with E-state index in [4.69, 9.17) is 5.73 Å². The molecule has 1 saturated heterocycles. The Hall–Kier alpha value is -2.59. The van der Waals surface area contributed by atoms with E-state index in [9.17, 15) is 9.90 Å². The van der Waals surface area contributed by atoms with Gasteiger partial charge in [-0.15, -0.1) is 0 Å². The van der Waals surface area contributed by atoms with Crippen LogP contribution in [0.2, 0.25) is 0 Å². The van der Waals surface area contributed by atoms with Crippen molar-refractivity contribution in [2.45, 2.75) is 44.1 Å². The van der Waals surface area contributed by atoms with E-state index in [0.29, 0.717) is 24.1 Å². The Morgan fingerprint density at radius 2 is 1.86 bits per heavy atom. The standard InChI is InChI=1S/C24H28N2O2/c25-16-18-2-1-3-21(14-18)19-10-12-26(13-11-19)24(28)9-5-17-4-8-22(20-6-7-20)23(27)15-17/h1-5,8-9,14-15,19-20,27H,6-7,10-13,16,25H2/b9-5+. The summed E-state index contributed by atoms with van der Waals surface area (Å²) in [6.07, 6.45) is 7.70. The Morgan fingerprint density at radius 3 is 2.54 bits per heavy atom. The summed E-state index contributed by atoms with van der Waals surface area (Å²) in [5.41, 5.74) is 10.1. The second-order valence-electron chi connectivity index (χ2n) is 7.97. The Labute approximate surface area is 166 Å². The molecule has 1 amide bonds. The summed E-state index contributed by atoms with van der Waals surface area (Å²) >= 11 is 0. The molecule has 2 fully saturated rings. The van der Waals surface area contributed by atoms with Crippen LogP contribution in [0, 0.1) is 0 Å². The smallest absolute Gasteiger partial charge is 0.246 e. The number of phenols is 1. The fourth-order valence-electron chi connectivity index (χ4n) is 4.08. The lowest BCUT2D eigenvalue weighted by Gasteiger charge is -2.31. The second-order valence-corrected chi connectivity index (χ2v) is 7.97. The van der Waals surface area contributed by atoms with Crippen LogP contribution in [0.3, 0.4) is 0 Å². The van der Waals surface area contributed by atoms with Crippen LogP contribution in [0.15, 0.2) is 48.5 Å². The Morgan fingerprint density at radius 1 is 1.07 bits per heavy atom. The molecule has 1 saturated carbocycles. The maximum Gasteiger partial charge on any atom is 0.246 e. The minimum Gasteiger partial charge on any atom is -0.508 e. The third-order valence-electron chi connectivity index (χ3n) is 5.95. The zero-order chi connectivity index (χ0) is 19.5. The number of carbonyl (C=O) groups is 1. The van der Waals surface area contributed by atoms with Crippen molar-refractivity contribution in [3.8, 4) is 5.75 Å². The first kappa shape index (κ1) is 18.8. The van der Waals surface area contributed by atoms with Crippen molar-refractivity contribution in [3.05, 3.63) is 70.8 Å². The average molecular weight is 377 g/mol. The molecule has 1 heterocycles. The van der Waals surface area contributed by atoms with Crippen LogP contribution in [0.4, 0.5) is 0 Å². The quantitative estimate of drug-likeness (QED) is 0.771. The van der Waals surface area contributed by atoms with Gasteiger partial charge in [-0.3, -0.25) is 4.79 Å². The van der Waals surface area contributed by atoms with E-state index in [1.165, 1.54) is 5.56 Å². The van der Waals surface area contributed by atoms with E-state index < -0.39 is 0 Å². The summed E-state index contributed by atoms with van der Waals surface area (Å²) < 4.78 is 0. The highest BCUT2D eigenvalue weighted by molar-refractivity contribution is 5.91. The maximum absolute atomic E-state index is 12.5. The Balaban J connectivity index is 1.33. The van der Waals surface area contributed by atoms with Gasteiger partial charge < -0.3 is 15.7 Å². The molecule has 146 valence electrons. The molecule has 1 aliphatic heterocycles. The van der Waals surface area contributed by atoms with Gasteiger partial charge in [0, 0.05) is 25.7 Å². The monoisotopic (exact) mass is 376 g/mol. The van der Waals surface area contributed by atoms with Gasteiger partial charge in [0.1, 0.15) is 5.75 Å². The van der Waals surface area contributed by atoms with Crippen LogP contribution in [0.1, 0.15) is 59.8 Å². The van der Waals surface area contributed by atoms with Crippen molar-refractivity contribution in [2.75, 3.05) is 13.1 Å². The largest absolute Gasteiger partial charge is 0.508 e. The second kappa shape index (κ2) is 8.19. The predicted octanol–water partition coefficient (Wildman–Crippen LogP) is 4.15. The fourth-order valence-corrected chi connectivity index (χ4v) is 4.08. The first-order valence-electron chi connectivity index (χ1n) is 10.2. The summed E-state index contributed by atoms with van der Waals surface area (Å²) in [6, 6.07) is 14.2. The number of rotatable bonds is 5. The maximum atomic E-state index is 12.5. The van der Waals surface area contributed by atoms with Gasteiger partial charge in [0.05, 0.1) is 0 Å². The minimum absolute atomic E-state index is 0.0416. The highest BCUT2D eigenvalue weighted by Gasteiger charge is 2.26. The Bertz CT molecular complexity index is 878. The number of nitrogens with two attached hydrogens (primary N) is 1. The molecule has 0 radical (unpaired) electrons. The molecule has 2 aliphatic rings. The van der Waals surface area contributed by atoms with E-state index in [2.05, 4.69) is 24.3 Å². The summed E-state index contributed by atoms with van der Waals surface area (Å²) in [7, 11) is 0. The van der Waals surface area contributed by atoms with Gasteiger partial charge in [0.2, 0.25) is 5.91 Å². The number of phenolic OH excluding ortho intramolecular Hbond substituents is 1. The summed E-state index contributed by atoms with van der Waals surface area (Å²) in [5, 5.41) is 10.2. The zero-order valence-corrected chi connectivity index (χ0v) is 16.2. The van der Waals surface area contributed by atoms with Gasteiger partial charge in [-0.1, -0.05) is 36.4 Å². The predicted molar refractivity (Wildman–Crippen MR) is 112 cm³/mol. The van der Waals surface area contributed by atoms with Gasteiger partial charge in [-0.05, 0) is 71.9 Å². The normalized spacial score (nSPS) is 18.0. The molecule has 4 heteroatoms. The number of piperidine rings is 1. The van der Waals surface area contributed by atoms with Gasteiger partial charge in [-0.25, -0.2) is 0 Å². The van der Waals surface area contributed by atoms with Crippen molar-refractivity contribution in [2.24, 2.45) is 5.73 Å². The summed E-state index contributed by atoms with van der Waals surface area (Å²) in [6.45, 7) is 2.10. The van der Waals surface area contributed by atoms with Crippen LogP contribution in [0.5, 0.6) is 5.75 Å². The van der Waals surface area contributed by atoms with Crippen LogP contribution < -0.4 is 5.73 Å².